The summed E-state index contributed by atoms with van der Waals surface area (Å²) in [6, 6.07) is 4.67. The molecule has 3 saturated heterocycles. The molecule has 1 aliphatic carbocycles. The topological polar surface area (TPSA) is 36.9 Å². The van der Waals surface area contributed by atoms with Gasteiger partial charge in [0.05, 0.1) is 0 Å². The average Bonchev–Trinajstić information content (AvgIpc) is 2.80. The molecule has 1 aromatic carbocycles. The predicted octanol–water partition coefficient (Wildman–Crippen LogP) is 3.96. The monoisotopic (exact) mass is 322 g/mol. The molecule has 2 bridgehead atoms. The third kappa shape index (κ3) is 2.25. The number of hydrogen-bond donors (Lipinski definition) is 0. The lowest BCUT2D eigenvalue weighted by Gasteiger charge is -2.49. The van der Waals surface area contributed by atoms with Crippen LogP contribution in [0.2, 0.25) is 0 Å². The lowest BCUT2D eigenvalue weighted by molar-refractivity contribution is -0.559. The van der Waals surface area contributed by atoms with E-state index in [4.69, 9.17) is 19.2 Å². The van der Waals surface area contributed by atoms with E-state index in [-0.39, 0.29) is 5.82 Å². The fraction of sp³-hybridized carbons (Fsp3) is 0.667. The van der Waals surface area contributed by atoms with Crippen molar-refractivity contribution in [3.8, 4) is 0 Å². The number of fused-ring (bicyclic) bond motifs is 3. The second-order valence-corrected chi connectivity index (χ2v) is 7.00. The molecule has 1 aromatic rings. The Kier molecular flexibility index (Phi) is 3.72. The van der Waals surface area contributed by atoms with Gasteiger partial charge in [-0.2, -0.15) is 4.89 Å². The zero-order valence-electron chi connectivity index (χ0n) is 13.6. The minimum Gasteiger partial charge on any atom is -0.353 e. The van der Waals surface area contributed by atoms with Crippen molar-refractivity contribution in [2.45, 2.75) is 63.1 Å². The molecular weight excluding hydrogens is 299 g/mol. The van der Waals surface area contributed by atoms with Crippen LogP contribution in [0.15, 0.2) is 18.2 Å². The number of rotatable bonds is 2. The van der Waals surface area contributed by atoms with Crippen LogP contribution in [0.3, 0.4) is 0 Å². The van der Waals surface area contributed by atoms with Crippen LogP contribution in [0.1, 0.15) is 49.7 Å². The normalized spacial score (nSPS) is 39.8. The quantitative estimate of drug-likeness (QED) is 0.772. The molecule has 126 valence electrons. The van der Waals surface area contributed by atoms with Gasteiger partial charge in [0.2, 0.25) is 5.79 Å². The molecule has 5 heteroatoms. The van der Waals surface area contributed by atoms with Gasteiger partial charge in [-0.1, -0.05) is 18.9 Å². The molecule has 5 rings (SSSR count). The fourth-order valence-electron chi connectivity index (χ4n) is 4.54. The summed E-state index contributed by atoms with van der Waals surface area (Å²) >= 11 is 0. The summed E-state index contributed by atoms with van der Waals surface area (Å²) in [5.74, 6) is -0.908. The van der Waals surface area contributed by atoms with Gasteiger partial charge in [0.15, 0.2) is 11.9 Å². The van der Waals surface area contributed by atoms with E-state index in [2.05, 4.69) is 0 Å². The van der Waals surface area contributed by atoms with Gasteiger partial charge in [-0.05, 0) is 49.8 Å². The lowest BCUT2D eigenvalue weighted by atomic mass is 9.73. The Bertz CT molecular complexity index is 603. The van der Waals surface area contributed by atoms with Gasteiger partial charge < -0.3 is 9.47 Å². The fourth-order valence-corrected chi connectivity index (χ4v) is 4.54. The van der Waals surface area contributed by atoms with Crippen molar-refractivity contribution in [2.24, 2.45) is 5.92 Å². The van der Waals surface area contributed by atoms with Crippen LogP contribution in [0.5, 0.6) is 0 Å². The standard InChI is InChI=1S/C18H23FO4/c1-12-11-14(19)6-7-15(12)18-10-8-13-5-3-4-9-17(13,22-23-18)16(20-2)21-18/h6-7,11,13,16H,3-5,8-10H2,1-2H3/t13-,16?,17+,18+/m1/s1. The largest absolute Gasteiger partial charge is 0.353 e. The molecule has 0 radical (unpaired) electrons. The van der Waals surface area contributed by atoms with Crippen LogP contribution < -0.4 is 0 Å². The summed E-state index contributed by atoms with van der Waals surface area (Å²) < 4.78 is 25.5. The predicted molar refractivity (Wildman–Crippen MR) is 80.8 cm³/mol. The van der Waals surface area contributed by atoms with Crippen LogP contribution in [-0.2, 0) is 25.0 Å². The van der Waals surface area contributed by atoms with Gasteiger partial charge in [-0.15, -0.1) is 0 Å². The smallest absolute Gasteiger partial charge is 0.230 e. The maximum atomic E-state index is 13.5. The maximum Gasteiger partial charge on any atom is 0.230 e. The van der Waals surface area contributed by atoms with Crippen LogP contribution in [0.4, 0.5) is 4.39 Å². The number of ether oxygens (including phenoxy) is 2. The minimum atomic E-state index is -1.01. The highest BCUT2D eigenvalue weighted by molar-refractivity contribution is 5.31. The highest BCUT2D eigenvalue weighted by Crippen LogP contribution is 2.55. The first-order chi connectivity index (χ1) is 11.1. The Morgan fingerprint density at radius 1 is 1.17 bits per heavy atom. The van der Waals surface area contributed by atoms with E-state index in [1.807, 2.05) is 6.92 Å². The molecule has 3 aliphatic heterocycles. The number of hydrogen-bond acceptors (Lipinski definition) is 4. The Morgan fingerprint density at radius 3 is 2.83 bits per heavy atom. The molecule has 0 aromatic heterocycles. The van der Waals surface area contributed by atoms with Crippen molar-refractivity contribution < 1.29 is 23.6 Å². The third-order valence-corrected chi connectivity index (χ3v) is 5.72. The van der Waals surface area contributed by atoms with Crippen molar-refractivity contribution in [1.29, 1.82) is 0 Å². The third-order valence-electron chi connectivity index (χ3n) is 5.72. The Morgan fingerprint density at radius 2 is 2.04 bits per heavy atom. The average molecular weight is 322 g/mol. The highest BCUT2D eigenvalue weighted by Gasteiger charge is 2.62. The SMILES string of the molecule is COC1O[C@@]2(c3ccc(F)cc3C)CC[C@H]3CCCC[C@@]13OO2. The highest BCUT2D eigenvalue weighted by atomic mass is 19.1. The van der Waals surface area contributed by atoms with Gasteiger partial charge in [0, 0.05) is 19.1 Å². The number of benzene rings is 1. The molecule has 0 N–H and O–H groups in total. The molecule has 4 atom stereocenters. The van der Waals surface area contributed by atoms with E-state index in [1.54, 1.807) is 13.2 Å². The van der Waals surface area contributed by atoms with Crippen molar-refractivity contribution in [2.75, 3.05) is 7.11 Å². The van der Waals surface area contributed by atoms with Crippen molar-refractivity contribution in [3.63, 3.8) is 0 Å². The summed E-state index contributed by atoms with van der Waals surface area (Å²) in [5, 5.41) is 0. The second-order valence-electron chi connectivity index (χ2n) is 7.00. The first-order valence-electron chi connectivity index (χ1n) is 8.44. The summed E-state index contributed by atoms with van der Waals surface area (Å²) in [6.07, 6.45) is 5.45. The number of halogens is 1. The van der Waals surface area contributed by atoms with E-state index in [1.165, 1.54) is 18.6 Å². The molecule has 4 fully saturated rings. The molecule has 1 spiro atoms. The van der Waals surface area contributed by atoms with Gasteiger partial charge in [0.1, 0.15) is 5.82 Å². The molecule has 4 nitrogen and oxygen atoms in total. The molecule has 1 unspecified atom stereocenters. The Hall–Kier alpha value is -1.01. The van der Waals surface area contributed by atoms with E-state index >= 15 is 0 Å². The maximum absolute atomic E-state index is 13.5. The van der Waals surface area contributed by atoms with E-state index in [9.17, 15) is 4.39 Å². The van der Waals surface area contributed by atoms with E-state index in [0.29, 0.717) is 12.3 Å². The van der Waals surface area contributed by atoms with Gasteiger partial charge >= 0.3 is 0 Å². The van der Waals surface area contributed by atoms with Crippen LogP contribution in [0, 0.1) is 18.7 Å². The van der Waals surface area contributed by atoms with Crippen molar-refractivity contribution in [3.05, 3.63) is 35.1 Å². The first kappa shape index (κ1) is 15.5. The second kappa shape index (κ2) is 5.52. The first-order valence-corrected chi connectivity index (χ1v) is 8.44. The van der Waals surface area contributed by atoms with Crippen molar-refractivity contribution >= 4 is 0 Å². The van der Waals surface area contributed by atoms with Crippen LogP contribution in [0.25, 0.3) is 0 Å². The minimum absolute atomic E-state index is 0.263. The van der Waals surface area contributed by atoms with E-state index in [0.717, 1.165) is 36.8 Å². The molecular formula is C18H23FO4. The van der Waals surface area contributed by atoms with Crippen LogP contribution >= 0.6 is 0 Å². The van der Waals surface area contributed by atoms with Gasteiger partial charge in [-0.3, -0.25) is 0 Å². The number of aryl methyl sites for hydroxylation is 1. The lowest BCUT2D eigenvalue weighted by Crippen LogP contribution is -2.59. The summed E-state index contributed by atoms with van der Waals surface area (Å²) in [4.78, 5) is 11.9. The van der Waals surface area contributed by atoms with Gasteiger partial charge in [-0.25, -0.2) is 9.28 Å². The zero-order chi connectivity index (χ0) is 16.1. The molecule has 0 amide bonds. The van der Waals surface area contributed by atoms with Crippen LogP contribution in [-0.4, -0.2) is 19.0 Å². The molecule has 23 heavy (non-hydrogen) atoms. The zero-order valence-corrected chi connectivity index (χ0v) is 13.6. The summed E-state index contributed by atoms with van der Waals surface area (Å²) in [6.45, 7) is 1.87. The molecule has 3 heterocycles. The number of methoxy groups -OCH3 is 1. The molecule has 4 aliphatic rings. The van der Waals surface area contributed by atoms with E-state index < -0.39 is 17.7 Å². The van der Waals surface area contributed by atoms with Gasteiger partial charge in [0.25, 0.3) is 0 Å². The molecule has 1 saturated carbocycles. The Balaban J connectivity index is 1.76. The summed E-state index contributed by atoms with van der Waals surface area (Å²) in [5.41, 5.74) is 1.10. The Labute approximate surface area is 135 Å². The summed E-state index contributed by atoms with van der Waals surface area (Å²) in [7, 11) is 1.65. The van der Waals surface area contributed by atoms with Crippen molar-refractivity contribution in [1.82, 2.24) is 0 Å².